The zero-order valence-electron chi connectivity index (χ0n) is 21.0. The first-order valence-electron chi connectivity index (χ1n) is 13.0. The number of Topliss-reactive ketones (excluding diaryl/α,β-unsaturated/α-hetero) is 1. The van der Waals surface area contributed by atoms with Gasteiger partial charge in [-0.2, -0.15) is 0 Å². The number of anilines is 1. The van der Waals surface area contributed by atoms with Crippen LogP contribution >= 0.6 is 11.6 Å². The Balaban J connectivity index is 1.44. The molecule has 1 saturated heterocycles. The van der Waals surface area contributed by atoms with Crippen molar-refractivity contribution in [2.45, 2.75) is 51.1 Å². The summed E-state index contributed by atoms with van der Waals surface area (Å²) in [5, 5.41) is 22.3. The number of rotatable bonds is 3. The van der Waals surface area contributed by atoms with Crippen molar-refractivity contribution in [1.29, 1.82) is 0 Å². The van der Waals surface area contributed by atoms with Crippen LogP contribution in [0, 0.1) is 34.0 Å². The van der Waals surface area contributed by atoms with Gasteiger partial charge < -0.3 is 15.1 Å². The Kier molecular flexibility index (Phi) is 5.42. The molecule has 0 spiro atoms. The molecule has 5 aliphatic rings. The number of alkyl halides is 2. The average Bonchev–Trinajstić information content (AvgIpc) is 3.36. The van der Waals surface area contributed by atoms with Crippen LogP contribution in [0.2, 0.25) is 5.02 Å². The van der Waals surface area contributed by atoms with E-state index in [-0.39, 0.29) is 41.8 Å². The summed E-state index contributed by atoms with van der Waals surface area (Å²) in [6.07, 6.45) is 1.28. The molecule has 3 saturated carbocycles. The number of carbonyl (C=O) groups excluding carboxylic acids is 2. The summed E-state index contributed by atoms with van der Waals surface area (Å²) in [4.78, 5) is 27.8. The van der Waals surface area contributed by atoms with Crippen LogP contribution in [0.15, 0.2) is 48.1 Å². The third kappa shape index (κ3) is 2.97. The van der Waals surface area contributed by atoms with E-state index in [1.807, 2.05) is 19.1 Å². The highest BCUT2D eigenvalue weighted by Gasteiger charge is 2.78. The fourth-order valence-electron chi connectivity index (χ4n) is 9.27. The van der Waals surface area contributed by atoms with E-state index in [1.165, 1.54) is 18.2 Å². The number of ketones is 2. The molecular formula is C29H32ClF2NO4. The van der Waals surface area contributed by atoms with Crippen molar-refractivity contribution in [2.75, 3.05) is 24.6 Å². The molecule has 1 heterocycles. The molecule has 8 heteroatoms. The molecule has 9 atom stereocenters. The van der Waals surface area contributed by atoms with Gasteiger partial charge in [0.1, 0.15) is 12.8 Å². The van der Waals surface area contributed by atoms with Crippen molar-refractivity contribution in [3.63, 3.8) is 0 Å². The van der Waals surface area contributed by atoms with Gasteiger partial charge in [0.15, 0.2) is 17.2 Å². The fourth-order valence-corrected chi connectivity index (χ4v) is 9.40. The summed E-state index contributed by atoms with van der Waals surface area (Å²) in [5.41, 5.74) is -4.48. The number of carbonyl (C=O) groups is 2. The highest BCUT2D eigenvalue weighted by molar-refractivity contribution is 6.30. The molecule has 4 aliphatic carbocycles. The molecule has 0 unspecified atom stereocenters. The number of halogens is 3. The lowest BCUT2D eigenvalue weighted by Gasteiger charge is -2.63. The van der Waals surface area contributed by atoms with Crippen LogP contribution in [-0.4, -0.2) is 59.4 Å². The van der Waals surface area contributed by atoms with Crippen LogP contribution in [0.1, 0.15) is 33.1 Å². The summed E-state index contributed by atoms with van der Waals surface area (Å²) in [5.74, 6) is -2.07. The van der Waals surface area contributed by atoms with Gasteiger partial charge in [0.2, 0.25) is 0 Å². The molecular weight excluding hydrogens is 500 g/mol. The number of aliphatic hydroxyl groups excluding tert-OH is 2. The van der Waals surface area contributed by atoms with E-state index in [1.54, 1.807) is 19.1 Å². The highest BCUT2D eigenvalue weighted by atomic mass is 35.5. The number of hydrogen-bond acceptors (Lipinski definition) is 5. The Morgan fingerprint density at radius 2 is 1.89 bits per heavy atom. The lowest BCUT2D eigenvalue weighted by Crippen LogP contribution is -2.69. The van der Waals surface area contributed by atoms with Crippen molar-refractivity contribution in [3.05, 3.63) is 53.1 Å². The molecule has 0 aromatic heterocycles. The minimum absolute atomic E-state index is 0.0168. The van der Waals surface area contributed by atoms with E-state index in [4.69, 9.17) is 11.6 Å². The van der Waals surface area contributed by atoms with Gasteiger partial charge in [-0.15, -0.1) is 0 Å². The Bertz CT molecular complexity index is 1230. The smallest absolute Gasteiger partial charge is 0.178 e. The third-order valence-electron chi connectivity index (χ3n) is 11.0. The number of hydrogen-bond donors (Lipinski definition) is 2. The van der Waals surface area contributed by atoms with Gasteiger partial charge in [0, 0.05) is 35.1 Å². The average molecular weight is 532 g/mol. The standard InChI is InChI=1S/C29H32ClF2NO4/c1-26-8-7-19(35)10-22(26)23(31)11-21-20-9-16-13-33(18-5-3-17(30)4-6-18)15-28(16,25(37)14-34)27(20,2)12-24(36)29(21,26)32/h3-8,10,16,20-21,23-24,34,36H,9,11-15H2,1-2H3/t16-,20-,21-,23-,24-,26-,27-,28+,29-/m0/s1. The van der Waals surface area contributed by atoms with Gasteiger partial charge in [-0.05, 0) is 85.4 Å². The summed E-state index contributed by atoms with van der Waals surface area (Å²) >= 11 is 6.07. The van der Waals surface area contributed by atoms with Gasteiger partial charge in [-0.25, -0.2) is 8.78 Å². The van der Waals surface area contributed by atoms with Crippen LogP contribution < -0.4 is 4.90 Å². The third-order valence-corrected chi connectivity index (χ3v) is 11.2. The molecule has 6 rings (SSSR count). The second kappa shape index (κ2) is 7.96. The van der Waals surface area contributed by atoms with Gasteiger partial charge >= 0.3 is 0 Å². The number of allylic oxidation sites excluding steroid dienone is 4. The lowest BCUT2D eigenvalue weighted by atomic mass is 9.43. The summed E-state index contributed by atoms with van der Waals surface area (Å²) in [6, 6.07) is 7.36. The van der Waals surface area contributed by atoms with Gasteiger partial charge in [0.05, 0.1) is 11.5 Å². The first kappa shape index (κ1) is 25.2. The Hall–Kier alpha value is -2.09. The van der Waals surface area contributed by atoms with E-state index < -0.39 is 46.7 Å². The van der Waals surface area contributed by atoms with Crippen molar-refractivity contribution in [1.82, 2.24) is 0 Å². The topological polar surface area (TPSA) is 77.8 Å². The van der Waals surface area contributed by atoms with E-state index in [2.05, 4.69) is 4.90 Å². The molecule has 37 heavy (non-hydrogen) atoms. The second-order valence-electron chi connectivity index (χ2n) is 12.2. The lowest BCUT2D eigenvalue weighted by molar-refractivity contribution is -0.210. The van der Waals surface area contributed by atoms with Crippen LogP contribution in [0.4, 0.5) is 14.5 Å². The normalized spacial score (nSPS) is 46.1. The minimum atomic E-state index is -2.18. The Labute approximate surface area is 220 Å². The Morgan fingerprint density at radius 3 is 2.57 bits per heavy atom. The van der Waals surface area contributed by atoms with E-state index >= 15 is 8.78 Å². The molecule has 0 radical (unpaired) electrons. The maximum atomic E-state index is 17.4. The maximum absolute atomic E-state index is 17.4. The van der Waals surface area contributed by atoms with E-state index in [9.17, 15) is 19.8 Å². The van der Waals surface area contributed by atoms with Crippen LogP contribution in [0.3, 0.4) is 0 Å². The van der Waals surface area contributed by atoms with Gasteiger partial charge in [0.25, 0.3) is 0 Å². The largest absolute Gasteiger partial charge is 0.390 e. The summed E-state index contributed by atoms with van der Waals surface area (Å²) in [7, 11) is 0. The molecule has 0 amide bonds. The molecule has 1 aromatic rings. The van der Waals surface area contributed by atoms with E-state index in [0.29, 0.717) is 24.5 Å². The maximum Gasteiger partial charge on any atom is 0.178 e. The molecule has 4 fully saturated rings. The SMILES string of the molecule is C[C@]12C=CC(=O)C=C1[C@@H](F)C[C@H]1[C@@H]3C[C@H]4CN(c5ccc(Cl)cc5)C[C@@]4(C(=O)CO)[C@@]3(C)C[C@H](O)[C@@]12F. The first-order valence-corrected chi connectivity index (χ1v) is 13.4. The summed E-state index contributed by atoms with van der Waals surface area (Å²) in [6.45, 7) is 3.74. The molecule has 198 valence electrons. The van der Waals surface area contributed by atoms with Gasteiger partial charge in [-0.3, -0.25) is 9.59 Å². The zero-order chi connectivity index (χ0) is 26.5. The molecule has 0 bridgehead atoms. The van der Waals surface area contributed by atoms with Crippen molar-refractivity contribution < 1.29 is 28.6 Å². The molecule has 1 aliphatic heterocycles. The number of nitrogens with zero attached hydrogens (tertiary/aromatic N) is 1. The first-order chi connectivity index (χ1) is 17.4. The summed E-state index contributed by atoms with van der Waals surface area (Å²) < 4.78 is 33.1. The number of aliphatic hydroxyl groups is 2. The predicted molar refractivity (Wildman–Crippen MR) is 136 cm³/mol. The second-order valence-corrected chi connectivity index (χ2v) is 12.6. The number of fused-ring (bicyclic) bond motifs is 7. The minimum Gasteiger partial charge on any atom is -0.390 e. The molecule has 5 nitrogen and oxygen atoms in total. The molecule has 1 aromatic carbocycles. The fraction of sp³-hybridized carbons (Fsp3) is 0.586. The van der Waals surface area contributed by atoms with Crippen molar-refractivity contribution in [3.8, 4) is 0 Å². The Morgan fingerprint density at radius 1 is 1.19 bits per heavy atom. The van der Waals surface area contributed by atoms with Crippen LogP contribution in [-0.2, 0) is 9.59 Å². The molecule has 2 N–H and O–H groups in total. The van der Waals surface area contributed by atoms with Crippen molar-refractivity contribution >= 4 is 28.9 Å². The van der Waals surface area contributed by atoms with Gasteiger partial charge in [-0.1, -0.05) is 24.6 Å². The predicted octanol–water partition coefficient (Wildman–Crippen LogP) is 4.25. The zero-order valence-corrected chi connectivity index (χ0v) is 21.7. The van der Waals surface area contributed by atoms with E-state index in [0.717, 1.165) is 5.69 Å². The quantitative estimate of drug-likeness (QED) is 0.609. The number of benzene rings is 1. The monoisotopic (exact) mass is 531 g/mol. The van der Waals surface area contributed by atoms with Crippen LogP contribution in [0.5, 0.6) is 0 Å². The highest BCUT2D eigenvalue weighted by Crippen LogP contribution is 2.74. The van der Waals surface area contributed by atoms with Crippen molar-refractivity contribution in [2.24, 2.45) is 34.0 Å². The van der Waals surface area contributed by atoms with Crippen LogP contribution in [0.25, 0.3) is 0 Å².